The van der Waals surface area contributed by atoms with E-state index in [0.717, 1.165) is 39.2 Å². The number of hydrogen-bond donors (Lipinski definition) is 0. The first-order chi connectivity index (χ1) is 36.0. The fourth-order valence-corrected chi connectivity index (χ4v) is 9.27. The van der Waals surface area contributed by atoms with Gasteiger partial charge in [0.2, 0.25) is 0 Å². The molecule has 310 valence electrons. The highest BCUT2D eigenvalue weighted by Gasteiger charge is 2.42. The van der Waals surface area contributed by atoms with Gasteiger partial charge in [-0.2, -0.15) is 0 Å². The van der Waals surface area contributed by atoms with Gasteiger partial charge < -0.3 is 14.4 Å². The number of fused-ring (bicyclic) bond motifs is 5. The molecule has 9 aromatic carbocycles. The van der Waals surface area contributed by atoms with Crippen LogP contribution in [0.5, 0.6) is 23.0 Å². The molecule has 1 aromatic heterocycles. The Kier molecular flexibility index (Phi) is 6.91. The number of nitrogens with zero attached hydrogens (tertiary/aromatic N) is 3. The molecule has 0 saturated heterocycles. The van der Waals surface area contributed by atoms with E-state index in [1.165, 1.54) is 5.56 Å². The lowest BCUT2D eigenvalue weighted by Crippen LogP contribution is -2.59. The highest BCUT2D eigenvalue weighted by atomic mass is 16.5. The third-order valence-electron chi connectivity index (χ3n) is 12.2. The first kappa shape index (κ1) is 29.3. The molecule has 10 aromatic rings. The average Bonchev–Trinajstić information content (AvgIpc) is 3.80. The second-order valence-corrected chi connectivity index (χ2v) is 17.2. The minimum Gasteiger partial charge on any atom is -0.458 e. The number of anilines is 3. The molecule has 3 heterocycles. The molecule has 2 aliphatic heterocycles. The molecule has 0 amide bonds. The minimum absolute atomic E-state index is 0.104. The Morgan fingerprint density at radius 3 is 2.02 bits per heavy atom. The van der Waals surface area contributed by atoms with Crippen molar-refractivity contribution in [2.45, 2.75) is 26.2 Å². The van der Waals surface area contributed by atoms with Crippen molar-refractivity contribution < 1.29 is 27.7 Å². The van der Waals surface area contributed by atoms with Gasteiger partial charge in [-0.1, -0.05) is 178 Å². The molecule has 2 aliphatic rings. The van der Waals surface area contributed by atoms with Crippen molar-refractivity contribution in [1.29, 1.82) is 0 Å². The normalized spacial score (nSPS) is 14.8. The van der Waals surface area contributed by atoms with Crippen molar-refractivity contribution in [2.24, 2.45) is 0 Å². The standard InChI is InChI=1S/C59H44BN3O2/c1-59(2,3)42-23-16-25-44(35-42)63-51-31-12-10-29-49(51)60-50-30-11-15-34-55(50)65-56-38-46(37-54(63)57(56)60)64-45-26-17-24-43(36-45)61-39-62(53-33-14-13-32-52(53)61)58-47(40-19-6-4-7-20-40)27-18-28-48(58)41-21-8-5-9-22-41/h4-38H,1-3H3/i4D,5D,6D,7D,8D,9D,19D,20D,21D,22D. The van der Waals surface area contributed by atoms with Crippen molar-refractivity contribution >= 4 is 51.2 Å². The summed E-state index contributed by atoms with van der Waals surface area (Å²) in [6.07, 6.45) is 3.47. The maximum absolute atomic E-state index is 9.07. The molecule has 0 spiro atoms. The predicted molar refractivity (Wildman–Crippen MR) is 266 cm³/mol. The summed E-state index contributed by atoms with van der Waals surface area (Å²) in [6.45, 7) is 6.52. The summed E-state index contributed by atoms with van der Waals surface area (Å²) in [5.41, 5.74) is 9.35. The van der Waals surface area contributed by atoms with Gasteiger partial charge in [-0.25, -0.2) is 0 Å². The van der Waals surface area contributed by atoms with Crippen LogP contribution >= 0.6 is 0 Å². The molecule has 0 radical (unpaired) electrons. The molecule has 0 fully saturated rings. The van der Waals surface area contributed by atoms with Gasteiger partial charge >= 0.3 is 0 Å². The van der Waals surface area contributed by atoms with Crippen LogP contribution in [0.25, 0.3) is 44.7 Å². The Morgan fingerprint density at radius 1 is 0.585 bits per heavy atom. The zero-order valence-electron chi connectivity index (χ0n) is 45.7. The van der Waals surface area contributed by atoms with E-state index in [9.17, 15) is 0 Å². The third kappa shape index (κ3) is 6.60. The van der Waals surface area contributed by atoms with Gasteiger partial charge in [0.25, 0.3) is 13.0 Å². The zero-order valence-corrected chi connectivity index (χ0v) is 35.7. The fraction of sp³-hybridized carbons (Fsp3) is 0.0678. The van der Waals surface area contributed by atoms with E-state index in [1.807, 2.05) is 72.8 Å². The van der Waals surface area contributed by atoms with Crippen molar-refractivity contribution in [1.82, 2.24) is 4.57 Å². The van der Waals surface area contributed by atoms with Crippen LogP contribution in [0.2, 0.25) is 0 Å². The summed E-state index contributed by atoms with van der Waals surface area (Å²) in [6, 6.07) is 43.7. The third-order valence-corrected chi connectivity index (χ3v) is 12.2. The smallest absolute Gasteiger partial charge is 0.269 e. The van der Waals surface area contributed by atoms with Crippen LogP contribution in [0.3, 0.4) is 0 Å². The summed E-state index contributed by atoms with van der Waals surface area (Å²) in [5, 5.41) is 0. The van der Waals surface area contributed by atoms with Gasteiger partial charge in [0.05, 0.1) is 36.1 Å². The predicted octanol–water partition coefficient (Wildman–Crippen LogP) is 12.5. The van der Waals surface area contributed by atoms with E-state index in [4.69, 9.17) is 23.2 Å². The maximum Gasteiger partial charge on any atom is 0.269 e. The quantitative estimate of drug-likeness (QED) is 0.0909. The minimum atomic E-state index is -0.569. The van der Waals surface area contributed by atoms with E-state index >= 15 is 0 Å². The number of para-hydroxylation sites is 5. The molecule has 0 saturated carbocycles. The van der Waals surface area contributed by atoms with Crippen LogP contribution in [0.1, 0.15) is 40.0 Å². The lowest BCUT2D eigenvalue weighted by molar-refractivity contribution is -0.571. The molecule has 0 aliphatic carbocycles. The summed E-state index contributed by atoms with van der Waals surface area (Å²) in [4.78, 5) is 2.29. The Balaban J connectivity index is 1.03. The molecule has 5 nitrogen and oxygen atoms in total. The van der Waals surface area contributed by atoms with E-state index < -0.39 is 60.4 Å². The molecule has 0 bridgehead atoms. The molecular formula is C59H44BN3O2. The van der Waals surface area contributed by atoms with E-state index in [-0.39, 0.29) is 40.1 Å². The summed E-state index contributed by atoms with van der Waals surface area (Å²) < 4.78 is 105. The molecule has 12 rings (SSSR count). The number of rotatable bonds is 7. The molecule has 0 unspecified atom stereocenters. The first-order valence-corrected chi connectivity index (χ1v) is 21.5. The van der Waals surface area contributed by atoms with Gasteiger partial charge in [-0.15, -0.1) is 0 Å². The monoisotopic (exact) mass is 847 g/mol. The van der Waals surface area contributed by atoms with Gasteiger partial charge in [0.15, 0.2) is 0 Å². The summed E-state index contributed by atoms with van der Waals surface area (Å²) >= 11 is 0. The highest BCUT2D eigenvalue weighted by molar-refractivity contribution is 6.99. The summed E-state index contributed by atoms with van der Waals surface area (Å²) in [7, 11) is 0. The Bertz CT molecular complexity index is 3920. The second kappa shape index (κ2) is 15.3. The van der Waals surface area contributed by atoms with Crippen molar-refractivity contribution in [3.8, 4) is 56.6 Å². The van der Waals surface area contributed by atoms with Crippen LogP contribution in [0.15, 0.2) is 212 Å². The van der Waals surface area contributed by atoms with Crippen molar-refractivity contribution in [3.63, 3.8) is 0 Å². The largest absolute Gasteiger partial charge is 0.458 e. The number of hydrogen-bond acceptors (Lipinski definition) is 3. The van der Waals surface area contributed by atoms with E-state index in [1.54, 1.807) is 27.3 Å². The van der Waals surface area contributed by atoms with Crippen LogP contribution in [-0.2, 0) is 5.41 Å². The average molecular weight is 848 g/mol. The second-order valence-electron chi connectivity index (χ2n) is 17.2. The van der Waals surface area contributed by atoms with E-state index in [0.29, 0.717) is 34.0 Å². The molecule has 0 atom stereocenters. The van der Waals surface area contributed by atoms with Gasteiger partial charge in [0, 0.05) is 29.2 Å². The zero-order chi connectivity index (χ0) is 52.4. The SMILES string of the molecule is [2H]c1c([2H])c([2H])c(-c2cccc(-c3c([2H])c([2H])c([2H])c([2H])c3[2H])c2-[n+]2[c-]n(-c3cccc(Oc4cc5c6c(c4)N(c4cccc(C(C)(C)C)c4)c4ccccc4B6c4ccccc4O5)c3)c3ccccc32)c([2H])c1[2H]. The molecular weight excluding hydrogens is 793 g/mol. The first-order valence-electron chi connectivity index (χ1n) is 26.5. The lowest BCUT2D eigenvalue weighted by atomic mass is 9.34. The van der Waals surface area contributed by atoms with Gasteiger partial charge in [0.1, 0.15) is 23.0 Å². The topological polar surface area (TPSA) is 30.5 Å². The lowest BCUT2D eigenvalue weighted by Gasteiger charge is -2.40. The number of aromatic nitrogens is 2. The van der Waals surface area contributed by atoms with E-state index in [2.05, 4.69) is 92.7 Å². The number of imidazole rings is 1. The molecule has 65 heavy (non-hydrogen) atoms. The van der Waals surface area contributed by atoms with Gasteiger partial charge in [-0.05, 0) is 92.1 Å². The van der Waals surface area contributed by atoms with Crippen molar-refractivity contribution in [2.75, 3.05) is 4.90 Å². The highest BCUT2D eigenvalue weighted by Crippen LogP contribution is 2.44. The van der Waals surface area contributed by atoms with Crippen LogP contribution < -0.4 is 35.3 Å². The van der Waals surface area contributed by atoms with Crippen molar-refractivity contribution in [3.05, 3.63) is 224 Å². The van der Waals surface area contributed by atoms with Crippen LogP contribution in [-0.4, -0.2) is 11.3 Å². The fourth-order valence-electron chi connectivity index (χ4n) is 9.27. The molecule has 6 heteroatoms. The van der Waals surface area contributed by atoms with Crippen LogP contribution in [0.4, 0.5) is 17.1 Å². The Morgan fingerprint density at radius 2 is 1.25 bits per heavy atom. The molecule has 0 N–H and O–H groups in total. The summed E-state index contributed by atoms with van der Waals surface area (Å²) in [5.74, 6) is 2.46. The Labute approximate surface area is 394 Å². The maximum atomic E-state index is 9.07. The van der Waals surface area contributed by atoms with Gasteiger partial charge in [-0.3, -0.25) is 9.13 Å². The number of benzene rings is 9. The number of ether oxygens (including phenoxy) is 2. The van der Waals surface area contributed by atoms with Crippen LogP contribution in [0, 0.1) is 6.33 Å². The Hall–Kier alpha value is -8.09.